The molecule has 1 aliphatic heterocycles. The monoisotopic (exact) mass is 614 g/mol. The molecule has 2 N–H and O–H groups in total. The van der Waals surface area contributed by atoms with Crippen LogP contribution in [0, 0.1) is 11.6 Å². The first-order valence-electron chi connectivity index (χ1n) is 13.6. The van der Waals surface area contributed by atoms with Crippen LogP contribution in [0.15, 0.2) is 61.4 Å². The lowest BCUT2D eigenvalue weighted by Gasteiger charge is -2.38. The third-order valence-electron chi connectivity index (χ3n) is 7.26. The molecule has 0 radical (unpaired) electrons. The van der Waals surface area contributed by atoms with E-state index in [1.807, 2.05) is 0 Å². The minimum atomic E-state index is -2.07. The molecule has 15 nitrogen and oxygen atoms in total. The summed E-state index contributed by atoms with van der Waals surface area (Å²) in [5, 5.41) is 36.1. The van der Waals surface area contributed by atoms with Gasteiger partial charge in [-0.3, -0.25) is 4.90 Å². The number of hydrogen-bond donors (Lipinski definition) is 2. The third kappa shape index (κ3) is 6.47. The number of benzene rings is 2. The molecule has 2 amide bonds. The van der Waals surface area contributed by atoms with E-state index in [2.05, 4.69) is 20.6 Å². The first-order chi connectivity index (χ1) is 21.2. The summed E-state index contributed by atoms with van der Waals surface area (Å²) in [4.78, 5) is 28.3. The topological polar surface area (TPSA) is 165 Å². The second kappa shape index (κ2) is 13.1. The highest BCUT2D eigenvalue weighted by molar-refractivity contribution is 5.94. The normalized spacial score (nSPS) is 15.3. The van der Waals surface area contributed by atoms with Crippen LogP contribution in [0.25, 0.3) is 5.69 Å². The number of hydrogen-bond acceptors (Lipinski definition) is 10. The Morgan fingerprint density at radius 2 is 1.91 bits per heavy atom. The van der Waals surface area contributed by atoms with Crippen LogP contribution >= 0.6 is 0 Å². The Morgan fingerprint density at radius 3 is 2.61 bits per heavy atom. The van der Waals surface area contributed by atoms with Gasteiger partial charge in [0.05, 0.1) is 18.3 Å². The number of aliphatic hydroxyl groups is 2. The number of tetrazole rings is 1. The number of ether oxygens (including phenoxy) is 2. The molecule has 1 aliphatic rings. The average Bonchev–Trinajstić information content (AvgIpc) is 3.78. The number of carbonyl (C=O) groups excluding carboxylic acids is 2. The maximum absolute atomic E-state index is 15.2. The van der Waals surface area contributed by atoms with Gasteiger partial charge in [0.2, 0.25) is 13.1 Å². The molecule has 3 heterocycles. The van der Waals surface area contributed by atoms with Crippen molar-refractivity contribution in [1.82, 2.24) is 34.9 Å². The number of urea groups is 1. The Balaban J connectivity index is 1.34. The van der Waals surface area contributed by atoms with Gasteiger partial charge in [-0.15, -0.1) is 9.78 Å². The SMILES string of the molecule is C[C@@H](N1CCN(c2ccc(-n3cnnn3)cc2)C1=O)[C@@](O)(Cn1c[n+](COC(=O)OCCCO)cn1)c1ccc(F)cc1F. The van der Waals surface area contributed by atoms with Crippen LogP contribution in [-0.2, 0) is 28.4 Å². The van der Waals surface area contributed by atoms with E-state index in [1.54, 1.807) is 31.2 Å². The summed E-state index contributed by atoms with van der Waals surface area (Å²) in [6.07, 6.45) is 3.49. The molecule has 2 aromatic heterocycles. The predicted molar refractivity (Wildman–Crippen MR) is 145 cm³/mol. The van der Waals surface area contributed by atoms with Gasteiger partial charge in [0, 0.05) is 48.5 Å². The molecule has 0 bridgehead atoms. The van der Waals surface area contributed by atoms with Gasteiger partial charge in [-0.25, -0.2) is 27.6 Å². The minimum absolute atomic E-state index is 0.00786. The summed E-state index contributed by atoms with van der Waals surface area (Å²) in [6.45, 7) is 1.33. The Morgan fingerprint density at radius 1 is 1.14 bits per heavy atom. The predicted octanol–water partition coefficient (Wildman–Crippen LogP) is 1.14. The molecule has 2 aromatic carbocycles. The van der Waals surface area contributed by atoms with Crippen LogP contribution in [0.3, 0.4) is 0 Å². The molecule has 0 aliphatic carbocycles. The highest BCUT2D eigenvalue weighted by Gasteiger charge is 2.47. The lowest BCUT2D eigenvalue weighted by molar-refractivity contribution is -0.728. The van der Waals surface area contributed by atoms with Crippen molar-refractivity contribution in [3.05, 3.63) is 78.6 Å². The molecule has 0 saturated carbocycles. The molecule has 4 aromatic rings. The van der Waals surface area contributed by atoms with E-state index in [0.717, 1.165) is 12.1 Å². The fraction of sp³-hybridized carbons (Fsp3) is 0.370. The van der Waals surface area contributed by atoms with Gasteiger partial charge in [-0.1, -0.05) is 6.07 Å². The summed E-state index contributed by atoms with van der Waals surface area (Å²) in [7, 11) is 0. The number of aliphatic hydroxyl groups excluding tert-OH is 1. The standard InChI is InChI=1S/C27H30F2N9O6/c1-19(36-9-10-37(25(36)40)21-4-6-22(7-5-21)38-15-30-32-33-38)27(42,23-8-3-20(28)13-24(23)29)14-35-17-34(16-31-35)18-44-26(41)43-12-2-11-39/h3-8,13,15-17,19,39,42H,2,9-12,14,18H2,1H3/q+1/t19-,27+/m1/s1. The van der Waals surface area contributed by atoms with E-state index in [-0.39, 0.29) is 45.0 Å². The van der Waals surface area contributed by atoms with Crippen LogP contribution in [0.5, 0.6) is 0 Å². The molecule has 0 unspecified atom stereocenters. The molecular formula is C27H30F2N9O6+. The van der Waals surface area contributed by atoms with E-state index < -0.39 is 35.5 Å². The van der Waals surface area contributed by atoms with Gasteiger partial charge in [0.25, 0.3) is 6.33 Å². The third-order valence-corrected chi connectivity index (χ3v) is 7.26. The second-order valence-electron chi connectivity index (χ2n) is 10.0. The number of anilines is 1. The average molecular weight is 615 g/mol. The molecule has 232 valence electrons. The van der Waals surface area contributed by atoms with Gasteiger partial charge in [-0.05, 0) is 47.7 Å². The highest BCUT2D eigenvalue weighted by atomic mass is 19.1. The van der Waals surface area contributed by atoms with Gasteiger partial charge in [0.15, 0.2) is 0 Å². The van der Waals surface area contributed by atoms with Crippen molar-refractivity contribution < 1.29 is 42.6 Å². The van der Waals surface area contributed by atoms with Crippen LogP contribution in [0.2, 0.25) is 0 Å². The van der Waals surface area contributed by atoms with Crippen LogP contribution in [-0.4, -0.2) is 89.6 Å². The molecule has 1 saturated heterocycles. The van der Waals surface area contributed by atoms with Crippen molar-refractivity contribution in [3.63, 3.8) is 0 Å². The fourth-order valence-corrected chi connectivity index (χ4v) is 4.91. The second-order valence-corrected chi connectivity index (χ2v) is 10.0. The lowest BCUT2D eigenvalue weighted by atomic mass is 9.85. The van der Waals surface area contributed by atoms with Crippen LogP contribution in [0.1, 0.15) is 18.9 Å². The number of nitrogens with zero attached hydrogens (tertiary/aromatic N) is 9. The molecule has 44 heavy (non-hydrogen) atoms. The van der Waals surface area contributed by atoms with E-state index in [9.17, 15) is 19.1 Å². The Hall–Kier alpha value is -5.03. The fourth-order valence-electron chi connectivity index (χ4n) is 4.91. The Kier molecular flexibility index (Phi) is 9.05. The molecule has 17 heteroatoms. The van der Waals surface area contributed by atoms with E-state index >= 15 is 4.39 Å². The summed E-state index contributed by atoms with van der Waals surface area (Å²) >= 11 is 0. The maximum atomic E-state index is 15.2. The molecule has 0 spiro atoms. The van der Waals surface area contributed by atoms with Crippen molar-refractivity contribution in [2.24, 2.45) is 0 Å². The number of rotatable bonds is 12. The van der Waals surface area contributed by atoms with Gasteiger partial charge in [0.1, 0.15) is 30.1 Å². The Labute approximate surface area is 249 Å². The van der Waals surface area contributed by atoms with Crippen molar-refractivity contribution in [2.75, 3.05) is 31.2 Å². The summed E-state index contributed by atoms with van der Waals surface area (Å²) in [5.74, 6) is -1.82. The number of halogens is 2. The lowest BCUT2D eigenvalue weighted by Crippen LogP contribution is -2.53. The number of carbonyl (C=O) groups is 2. The zero-order chi connectivity index (χ0) is 31.3. The molecular weight excluding hydrogens is 584 g/mol. The summed E-state index contributed by atoms with van der Waals surface area (Å²) in [6, 6.07) is 8.38. The molecule has 2 atom stereocenters. The first-order valence-corrected chi connectivity index (χ1v) is 13.6. The zero-order valence-corrected chi connectivity index (χ0v) is 23.6. The zero-order valence-electron chi connectivity index (χ0n) is 23.6. The quantitative estimate of drug-likeness (QED) is 0.134. The molecule has 5 rings (SSSR count). The Bertz CT molecular complexity index is 1590. The van der Waals surface area contributed by atoms with Crippen molar-refractivity contribution >= 4 is 17.9 Å². The molecule has 1 fully saturated rings. The number of aromatic nitrogens is 7. The van der Waals surface area contributed by atoms with Crippen molar-refractivity contribution in [2.45, 2.75) is 38.3 Å². The minimum Gasteiger partial charge on any atom is -0.434 e. The van der Waals surface area contributed by atoms with Crippen LogP contribution in [0.4, 0.5) is 24.1 Å². The van der Waals surface area contributed by atoms with Gasteiger partial charge >= 0.3 is 12.2 Å². The number of amides is 2. The smallest absolute Gasteiger partial charge is 0.434 e. The maximum Gasteiger partial charge on any atom is 0.511 e. The highest BCUT2D eigenvalue weighted by Crippen LogP contribution is 2.35. The van der Waals surface area contributed by atoms with Gasteiger partial charge < -0.3 is 24.6 Å². The van der Waals surface area contributed by atoms with E-state index in [1.165, 1.54) is 42.7 Å². The van der Waals surface area contributed by atoms with Crippen molar-refractivity contribution in [3.8, 4) is 5.69 Å². The van der Waals surface area contributed by atoms with Crippen molar-refractivity contribution in [1.29, 1.82) is 0 Å². The first kappa shape index (κ1) is 30.4. The van der Waals surface area contributed by atoms with E-state index in [0.29, 0.717) is 24.0 Å². The summed E-state index contributed by atoms with van der Waals surface area (Å²) < 4.78 is 43.0. The van der Waals surface area contributed by atoms with Gasteiger partial charge in [-0.2, -0.15) is 0 Å². The summed E-state index contributed by atoms with van der Waals surface area (Å²) in [5.41, 5.74) is -1.01. The largest absolute Gasteiger partial charge is 0.511 e. The van der Waals surface area contributed by atoms with E-state index in [4.69, 9.17) is 14.6 Å². The van der Waals surface area contributed by atoms with Crippen LogP contribution < -0.4 is 9.47 Å².